The van der Waals surface area contributed by atoms with Crippen molar-refractivity contribution in [2.24, 2.45) is 0 Å². The van der Waals surface area contributed by atoms with Crippen molar-refractivity contribution in [2.45, 2.75) is 12.5 Å². The number of hydrogen-bond acceptors (Lipinski definition) is 2. The molecule has 1 fully saturated rings. The number of nitrogens with zero attached hydrogens (tertiary/aromatic N) is 1. The maximum Gasteiger partial charge on any atom is 0.249 e. The molecule has 0 radical (unpaired) electrons. The normalized spacial score (nSPS) is 19.0. The Morgan fingerprint density at radius 3 is 2.53 bits per heavy atom. The third kappa shape index (κ3) is 1.83. The van der Waals surface area contributed by atoms with Crippen LogP contribution in [0.15, 0.2) is 30.3 Å². The molecular formula is C11H12N2O2. The second-order valence-corrected chi connectivity index (χ2v) is 3.56. The number of carbonyl (C=O) groups is 2. The number of benzene rings is 1. The zero-order valence-corrected chi connectivity index (χ0v) is 8.43. The molecule has 0 bridgehead atoms. The molecule has 4 nitrogen and oxygen atoms in total. The van der Waals surface area contributed by atoms with Gasteiger partial charge in [0.05, 0.1) is 6.42 Å². The average molecular weight is 204 g/mol. The highest BCUT2D eigenvalue weighted by Crippen LogP contribution is 2.15. The molecule has 1 aliphatic rings. The molecule has 0 spiro atoms. The van der Waals surface area contributed by atoms with E-state index >= 15 is 0 Å². The fourth-order valence-electron chi connectivity index (χ4n) is 1.52. The second kappa shape index (κ2) is 3.73. The van der Waals surface area contributed by atoms with Crippen LogP contribution in [-0.2, 0) is 9.59 Å². The lowest BCUT2D eigenvalue weighted by atomic mass is 10.1. The number of nitrogens with one attached hydrogen (secondary N) is 1. The van der Waals surface area contributed by atoms with Crippen molar-refractivity contribution in [1.29, 1.82) is 0 Å². The van der Waals surface area contributed by atoms with Crippen LogP contribution < -0.4 is 10.2 Å². The number of carbonyl (C=O) groups excluding carboxylic acids is 2. The molecule has 1 aromatic rings. The molecule has 1 aromatic carbocycles. The molecule has 0 aliphatic carbocycles. The average Bonchev–Trinajstić information content (AvgIpc) is 2.24. The number of hydrogen-bond donors (Lipinski definition) is 1. The number of β-lactam (4-membered cyclic amide) rings is 1. The lowest BCUT2D eigenvalue weighted by Gasteiger charge is -2.29. The van der Waals surface area contributed by atoms with Gasteiger partial charge in [-0.05, 0) is 12.1 Å². The molecule has 0 saturated carbocycles. The van der Waals surface area contributed by atoms with E-state index in [-0.39, 0.29) is 17.9 Å². The Bertz CT molecular complexity index is 381. The molecule has 4 heteroatoms. The Kier molecular flexibility index (Phi) is 2.41. The number of anilines is 1. The number of para-hydroxylation sites is 1. The fourth-order valence-corrected chi connectivity index (χ4v) is 1.52. The third-order valence-electron chi connectivity index (χ3n) is 2.50. The summed E-state index contributed by atoms with van der Waals surface area (Å²) in [5.74, 6) is -0.129. The van der Waals surface area contributed by atoms with Gasteiger partial charge in [-0.15, -0.1) is 0 Å². The van der Waals surface area contributed by atoms with E-state index in [0.717, 1.165) is 5.69 Å². The highest BCUT2D eigenvalue weighted by molar-refractivity contribution is 6.04. The summed E-state index contributed by atoms with van der Waals surface area (Å²) in [5, 5.41) is 2.56. The van der Waals surface area contributed by atoms with Crippen molar-refractivity contribution in [3.8, 4) is 0 Å². The maximum atomic E-state index is 11.8. The van der Waals surface area contributed by atoms with Crippen molar-refractivity contribution < 1.29 is 9.59 Å². The smallest absolute Gasteiger partial charge is 0.249 e. The Morgan fingerprint density at radius 2 is 2.00 bits per heavy atom. The lowest BCUT2D eigenvalue weighted by Crippen LogP contribution is -2.57. The molecule has 78 valence electrons. The topological polar surface area (TPSA) is 49.4 Å². The molecular weight excluding hydrogens is 192 g/mol. The first-order valence-corrected chi connectivity index (χ1v) is 4.80. The van der Waals surface area contributed by atoms with Crippen LogP contribution in [0.3, 0.4) is 0 Å². The fraction of sp³-hybridized carbons (Fsp3) is 0.273. The number of rotatable bonds is 2. The maximum absolute atomic E-state index is 11.8. The first-order valence-electron chi connectivity index (χ1n) is 4.80. The van der Waals surface area contributed by atoms with Crippen LogP contribution >= 0.6 is 0 Å². The van der Waals surface area contributed by atoms with Gasteiger partial charge in [-0.25, -0.2) is 0 Å². The van der Waals surface area contributed by atoms with Gasteiger partial charge in [0.25, 0.3) is 0 Å². The van der Waals surface area contributed by atoms with Crippen molar-refractivity contribution in [3.63, 3.8) is 0 Å². The van der Waals surface area contributed by atoms with Crippen LogP contribution in [0.1, 0.15) is 6.42 Å². The van der Waals surface area contributed by atoms with Crippen molar-refractivity contribution >= 4 is 17.5 Å². The summed E-state index contributed by atoms with van der Waals surface area (Å²) in [6.07, 6.45) is 0.302. The summed E-state index contributed by atoms with van der Waals surface area (Å²) in [7, 11) is 1.71. The zero-order chi connectivity index (χ0) is 10.8. The summed E-state index contributed by atoms with van der Waals surface area (Å²) in [6.45, 7) is 0. The molecule has 1 saturated heterocycles. The van der Waals surface area contributed by atoms with Crippen LogP contribution in [0.5, 0.6) is 0 Å². The van der Waals surface area contributed by atoms with Crippen LogP contribution in [0, 0.1) is 0 Å². The van der Waals surface area contributed by atoms with Crippen molar-refractivity contribution in [1.82, 2.24) is 5.32 Å². The quantitative estimate of drug-likeness (QED) is 0.715. The van der Waals surface area contributed by atoms with Gasteiger partial charge in [0.15, 0.2) is 0 Å². The second-order valence-electron chi connectivity index (χ2n) is 3.56. The lowest BCUT2D eigenvalue weighted by molar-refractivity contribution is -0.135. The summed E-state index contributed by atoms with van der Waals surface area (Å²) < 4.78 is 0. The third-order valence-corrected chi connectivity index (χ3v) is 2.50. The highest BCUT2D eigenvalue weighted by atomic mass is 16.2. The first kappa shape index (κ1) is 9.71. The van der Waals surface area contributed by atoms with E-state index in [9.17, 15) is 9.59 Å². The van der Waals surface area contributed by atoms with Gasteiger partial charge in [0.1, 0.15) is 6.04 Å². The summed E-state index contributed by atoms with van der Waals surface area (Å²) in [5.41, 5.74) is 0.837. The van der Waals surface area contributed by atoms with Gasteiger partial charge in [0.2, 0.25) is 11.8 Å². The monoisotopic (exact) mass is 204 g/mol. The van der Waals surface area contributed by atoms with E-state index in [1.54, 1.807) is 11.9 Å². The molecule has 0 aromatic heterocycles. The molecule has 15 heavy (non-hydrogen) atoms. The predicted molar refractivity (Wildman–Crippen MR) is 56.4 cm³/mol. The van der Waals surface area contributed by atoms with Crippen molar-refractivity contribution in [2.75, 3.05) is 11.9 Å². The van der Waals surface area contributed by atoms with Gasteiger partial charge in [-0.2, -0.15) is 0 Å². The van der Waals surface area contributed by atoms with E-state index in [0.29, 0.717) is 6.42 Å². The van der Waals surface area contributed by atoms with Gasteiger partial charge in [-0.3, -0.25) is 9.59 Å². The van der Waals surface area contributed by atoms with Gasteiger partial charge in [-0.1, -0.05) is 18.2 Å². The first-order chi connectivity index (χ1) is 7.18. The number of likely N-dealkylation sites (N-methyl/N-ethyl adjacent to an activating group) is 1. The highest BCUT2D eigenvalue weighted by Gasteiger charge is 2.33. The van der Waals surface area contributed by atoms with Crippen molar-refractivity contribution in [3.05, 3.63) is 30.3 Å². The van der Waals surface area contributed by atoms with Crippen LogP contribution in [0.4, 0.5) is 5.69 Å². The van der Waals surface area contributed by atoms with Gasteiger partial charge in [0, 0.05) is 12.7 Å². The van der Waals surface area contributed by atoms with E-state index in [1.807, 2.05) is 30.3 Å². The van der Waals surface area contributed by atoms with Crippen LogP contribution in [0.25, 0.3) is 0 Å². The Labute approximate surface area is 87.9 Å². The Morgan fingerprint density at radius 1 is 1.40 bits per heavy atom. The molecule has 1 heterocycles. The van der Waals surface area contributed by atoms with Crippen LogP contribution in [0.2, 0.25) is 0 Å². The van der Waals surface area contributed by atoms with Gasteiger partial charge >= 0.3 is 0 Å². The summed E-state index contributed by atoms with van der Waals surface area (Å²) in [4.78, 5) is 24.0. The number of amides is 2. The Balaban J connectivity index is 2.05. The van der Waals surface area contributed by atoms with Crippen LogP contribution in [-0.4, -0.2) is 24.9 Å². The minimum absolute atomic E-state index is 0.0604. The minimum Gasteiger partial charge on any atom is -0.344 e. The summed E-state index contributed by atoms with van der Waals surface area (Å²) >= 11 is 0. The SMILES string of the molecule is CN(C(=O)[C@@H]1CC(=O)N1)c1ccccc1. The van der Waals surface area contributed by atoms with E-state index in [1.165, 1.54) is 0 Å². The van der Waals surface area contributed by atoms with E-state index in [4.69, 9.17) is 0 Å². The minimum atomic E-state index is -0.345. The standard InChI is InChI=1S/C11H12N2O2/c1-13(8-5-3-2-4-6-8)11(15)9-7-10(14)12-9/h2-6,9H,7H2,1H3,(H,12,14)/t9-/m0/s1. The molecule has 1 N–H and O–H groups in total. The van der Waals surface area contributed by atoms with E-state index < -0.39 is 0 Å². The molecule has 0 unspecified atom stereocenters. The molecule has 1 aliphatic heterocycles. The largest absolute Gasteiger partial charge is 0.344 e. The van der Waals surface area contributed by atoms with Gasteiger partial charge < -0.3 is 10.2 Å². The molecule has 2 rings (SSSR count). The zero-order valence-electron chi connectivity index (χ0n) is 8.43. The van der Waals surface area contributed by atoms with E-state index in [2.05, 4.69) is 5.32 Å². The molecule has 2 amide bonds. The molecule has 1 atom stereocenters. The predicted octanol–water partition coefficient (Wildman–Crippen LogP) is 0.538. The summed E-state index contributed by atoms with van der Waals surface area (Å²) in [6, 6.07) is 9.02. The Hall–Kier alpha value is -1.84.